The van der Waals surface area contributed by atoms with E-state index in [9.17, 15) is 14.0 Å². The van der Waals surface area contributed by atoms with Crippen LogP contribution in [0.25, 0.3) is 0 Å². The number of benzene rings is 1. The number of carbonyl (C=O) groups is 2. The van der Waals surface area contributed by atoms with E-state index in [-0.39, 0.29) is 17.0 Å². The molecule has 2 N–H and O–H groups in total. The zero-order valence-electron chi connectivity index (χ0n) is 18.2. The van der Waals surface area contributed by atoms with Crippen LogP contribution in [-0.4, -0.2) is 47.0 Å². The van der Waals surface area contributed by atoms with Crippen LogP contribution in [0.5, 0.6) is 5.75 Å². The summed E-state index contributed by atoms with van der Waals surface area (Å²) in [4.78, 5) is 29.8. The summed E-state index contributed by atoms with van der Waals surface area (Å²) in [6.45, 7) is 5.76. The zero-order valence-corrected chi connectivity index (χ0v) is 18.2. The molecule has 0 radical (unpaired) electrons. The van der Waals surface area contributed by atoms with E-state index in [0.717, 1.165) is 6.07 Å². The van der Waals surface area contributed by atoms with Crippen molar-refractivity contribution in [2.24, 2.45) is 10.5 Å². The quantitative estimate of drug-likeness (QED) is 0.705. The second kappa shape index (κ2) is 8.37. The van der Waals surface area contributed by atoms with Gasteiger partial charge in [0.2, 0.25) is 0 Å². The minimum atomic E-state index is -1.11. The summed E-state index contributed by atoms with van der Waals surface area (Å²) in [5, 5.41) is 7.11. The van der Waals surface area contributed by atoms with Gasteiger partial charge in [-0.3, -0.25) is 14.8 Å². The van der Waals surface area contributed by atoms with E-state index in [2.05, 4.69) is 20.8 Å². The minimum Gasteiger partial charge on any atom is -0.494 e. The number of aromatic nitrogens is 2. The standard InChI is InChI=1S/C21H26FN5O4/c1-6-21(20(2,3)11-17(25-26-21)27-8-7-23-12-27)19(29)24-15-10-14(22)16(30-4)9-13(15)18(28)31-5/h7-10,12,26H,6,11H2,1-5H3,(H,24,29). The number of nitrogens with zero attached hydrogens (tertiary/aromatic N) is 3. The molecular formula is C21H26FN5O4. The highest BCUT2D eigenvalue weighted by Crippen LogP contribution is 2.41. The molecule has 1 amide bonds. The van der Waals surface area contributed by atoms with Crippen LogP contribution in [0.4, 0.5) is 10.1 Å². The predicted molar refractivity (Wildman–Crippen MR) is 113 cm³/mol. The fourth-order valence-electron chi connectivity index (χ4n) is 3.86. The van der Waals surface area contributed by atoms with Gasteiger partial charge in [0, 0.05) is 30.3 Å². The molecule has 0 spiro atoms. The number of hydrazone groups is 1. The average molecular weight is 431 g/mol. The molecule has 1 aromatic carbocycles. The first kappa shape index (κ1) is 22.3. The highest BCUT2D eigenvalue weighted by Gasteiger charge is 2.53. The summed E-state index contributed by atoms with van der Waals surface area (Å²) in [5.74, 6) is -1.30. The SMILES string of the molecule is CCC1(C(=O)Nc2cc(F)c(OC)cc2C(=O)OC)NN=C(n2ccnc2)CC1(C)C. The lowest BCUT2D eigenvalue weighted by molar-refractivity contribution is -0.128. The van der Waals surface area contributed by atoms with Crippen molar-refractivity contribution in [2.75, 3.05) is 19.5 Å². The van der Waals surface area contributed by atoms with Crippen molar-refractivity contribution in [1.82, 2.24) is 15.0 Å². The molecule has 0 aliphatic carbocycles. The Balaban J connectivity index is 1.98. The van der Waals surface area contributed by atoms with Crippen molar-refractivity contribution in [3.05, 3.63) is 42.2 Å². The topological polar surface area (TPSA) is 107 Å². The minimum absolute atomic E-state index is 0.00930. The summed E-state index contributed by atoms with van der Waals surface area (Å²) in [5.41, 5.74) is 1.31. The van der Waals surface area contributed by atoms with E-state index >= 15 is 0 Å². The number of carbonyl (C=O) groups excluding carboxylic acids is 2. The summed E-state index contributed by atoms with van der Waals surface area (Å²) in [6, 6.07) is 2.24. The van der Waals surface area contributed by atoms with Gasteiger partial charge in [-0.2, -0.15) is 5.10 Å². The summed E-state index contributed by atoms with van der Waals surface area (Å²) in [7, 11) is 2.49. The number of ether oxygens (including phenoxy) is 2. The monoisotopic (exact) mass is 431 g/mol. The largest absolute Gasteiger partial charge is 0.494 e. The molecule has 10 heteroatoms. The van der Waals surface area contributed by atoms with Gasteiger partial charge >= 0.3 is 5.97 Å². The second-order valence-corrected chi connectivity index (χ2v) is 7.91. The van der Waals surface area contributed by atoms with Crippen LogP contribution < -0.4 is 15.5 Å². The van der Waals surface area contributed by atoms with Gasteiger partial charge in [0.25, 0.3) is 5.91 Å². The van der Waals surface area contributed by atoms with Crippen molar-refractivity contribution < 1.29 is 23.5 Å². The molecule has 3 rings (SSSR count). The Hall–Kier alpha value is -3.43. The number of hydrogen-bond acceptors (Lipinski definition) is 7. The highest BCUT2D eigenvalue weighted by molar-refractivity contribution is 6.05. The van der Waals surface area contributed by atoms with Crippen LogP contribution in [0.15, 0.2) is 36.0 Å². The first-order chi connectivity index (χ1) is 14.7. The van der Waals surface area contributed by atoms with Crippen LogP contribution in [0.1, 0.15) is 44.0 Å². The van der Waals surface area contributed by atoms with Gasteiger partial charge in [0.15, 0.2) is 11.6 Å². The average Bonchev–Trinajstić information content (AvgIpc) is 3.27. The number of anilines is 1. The Morgan fingerprint density at radius 2 is 2.06 bits per heavy atom. The van der Waals surface area contributed by atoms with Crippen LogP contribution in [0.3, 0.4) is 0 Å². The molecule has 1 aliphatic heterocycles. The predicted octanol–water partition coefficient (Wildman–Crippen LogP) is 2.79. The molecule has 166 valence electrons. The molecule has 0 saturated carbocycles. The molecule has 0 saturated heterocycles. The smallest absolute Gasteiger partial charge is 0.340 e. The maximum absolute atomic E-state index is 14.4. The Labute approximate surface area is 179 Å². The number of halogens is 1. The summed E-state index contributed by atoms with van der Waals surface area (Å²) >= 11 is 0. The van der Waals surface area contributed by atoms with E-state index in [1.54, 1.807) is 23.3 Å². The zero-order chi connectivity index (χ0) is 22.8. The second-order valence-electron chi connectivity index (χ2n) is 7.91. The third-order valence-corrected chi connectivity index (χ3v) is 5.80. The normalized spacial score (nSPS) is 19.7. The lowest BCUT2D eigenvalue weighted by Gasteiger charge is -2.47. The van der Waals surface area contributed by atoms with Crippen molar-refractivity contribution in [3.63, 3.8) is 0 Å². The van der Waals surface area contributed by atoms with Gasteiger partial charge in [-0.15, -0.1) is 0 Å². The van der Waals surface area contributed by atoms with Gasteiger partial charge < -0.3 is 14.8 Å². The summed E-state index contributed by atoms with van der Waals surface area (Å²) in [6.07, 6.45) is 5.95. The van der Waals surface area contributed by atoms with Gasteiger partial charge in [0.05, 0.1) is 25.5 Å². The van der Waals surface area contributed by atoms with Crippen LogP contribution >= 0.6 is 0 Å². The number of hydrogen-bond donors (Lipinski definition) is 2. The van der Waals surface area contributed by atoms with E-state index < -0.39 is 28.6 Å². The maximum Gasteiger partial charge on any atom is 0.340 e. The molecule has 1 aliphatic rings. The maximum atomic E-state index is 14.4. The number of rotatable bonds is 5. The van der Waals surface area contributed by atoms with Gasteiger partial charge in [-0.25, -0.2) is 14.2 Å². The van der Waals surface area contributed by atoms with Crippen molar-refractivity contribution >= 4 is 23.4 Å². The van der Waals surface area contributed by atoms with Crippen molar-refractivity contribution in [2.45, 2.75) is 39.2 Å². The van der Waals surface area contributed by atoms with Crippen LogP contribution in [-0.2, 0) is 9.53 Å². The van der Waals surface area contributed by atoms with E-state index in [1.807, 2.05) is 20.8 Å². The van der Waals surface area contributed by atoms with E-state index in [1.165, 1.54) is 20.3 Å². The molecule has 0 fully saturated rings. The lowest BCUT2D eigenvalue weighted by Crippen LogP contribution is -2.64. The van der Waals surface area contributed by atoms with Gasteiger partial charge in [-0.1, -0.05) is 20.8 Å². The Kier molecular flexibility index (Phi) is 6.01. The van der Waals surface area contributed by atoms with Crippen molar-refractivity contribution in [1.29, 1.82) is 0 Å². The first-order valence-electron chi connectivity index (χ1n) is 9.78. The third kappa shape index (κ3) is 3.85. The fraction of sp³-hybridized carbons (Fsp3) is 0.429. The molecule has 1 atom stereocenters. The van der Waals surface area contributed by atoms with Gasteiger partial charge in [-0.05, 0) is 12.5 Å². The highest BCUT2D eigenvalue weighted by atomic mass is 19.1. The van der Waals surface area contributed by atoms with Crippen LogP contribution in [0.2, 0.25) is 0 Å². The third-order valence-electron chi connectivity index (χ3n) is 5.80. The molecule has 31 heavy (non-hydrogen) atoms. The molecule has 2 aromatic rings. The summed E-state index contributed by atoms with van der Waals surface area (Å²) < 4.78 is 25.9. The molecule has 1 unspecified atom stereocenters. The Bertz CT molecular complexity index is 1020. The number of nitrogens with one attached hydrogen (secondary N) is 2. The molecule has 0 bridgehead atoms. The molecule has 9 nitrogen and oxygen atoms in total. The molecule has 1 aromatic heterocycles. The van der Waals surface area contributed by atoms with Gasteiger partial charge in [0.1, 0.15) is 17.7 Å². The van der Waals surface area contributed by atoms with E-state index in [4.69, 9.17) is 9.47 Å². The fourth-order valence-corrected chi connectivity index (χ4v) is 3.86. The number of imidazole rings is 1. The number of amides is 1. The Morgan fingerprint density at radius 1 is 1.32 bits per heavy atom. The van der Waals surface area contributed by atoms with Crippen molar-refractivity contribution in [3.8, 4) is 5.75 Å². The van der Waals surface area contributed by atoms with E-state index in [0.29, 0.717) is 18.7 Å². The molecule has 2 heterocycles. The molecular weight excluding hydrogens is 405 g/mol. The number of esters is 1. The van der Waals surface area contributed by atoms with Crippen LogP contribution in [0, 0.1) is 11.2 Å². The lowest BCUT2D eigenvalue weighted by atomic mass is 9.67. The Morgan fingerprint density at radius 3 is 2.61 bits per heavy atom. The number of methoxy groups -OCH3 is 2. The first-order valence-corrected chi connectivity index (χ1v) is 9.78.